The van der Waals surface area contributed by atoms with E-state index in [9.17, 15) is 18.4 Å². The van der Waals surface area contributed by atoms with E-state index in [1.54, 1.807) is 31.4 Å². The number of hydrogen-bond donors (Lipinski definition) is 0. The van der Waals surface area contributed by atoms with Gasteiger partial charge in [0, 0.05) is 19.2 Å². The summed E-state index contributed by atoms with van der Waals surface area (Å²) in [4.78, 5) is 29.7. The van der Waals surface area contributed by atoms with Crippen LogP contribution in [0.15, 0.2) is 48.2 Å². The van der Waals surface area contributed by atoms with Gasteiger partial charge < -0.3 is 9.64 Å². The molecule has 0 N–H and O–H groups in total. The van der Waals surface area contributed by atoms with Crippen LogP contribution >= 0.6 is 0 Å². The molecule has 5 nitrogen and oxygen atoms in total. The van der Waals surface area contributed by atoms with Crippen molar-refractivity contribution in [1.29, 1.82) is 0 Å². The van der Waals surface area contributed by atoms with Crippen molar-refractivity contribution in [2.24, 2.45) is 11.8 Å². The van der Waals surface area contributed by atoms with Crippen LogP contribution in [0.25, 0.3) is 5.57 Å². The first-order valence-corrected chi connectivity index (χ1v) is 10.3. The third-order valence-corrected chi connectivity index (χ3v) is 5.77. The van der Waals surface area contributed by atoms with Crippen LogP contribution in [0.4, 0.5) is 14.5 Å². The minimum Gasteiger partial charge on any atom is -0.497 e. The molecular weight excluding hydrogens is 402 g/mol. The van der Waals surface area contributed by atoms with Crippen molar-refractivity contribution in [3.05, 3.63) is 65.4 Å². The first kappa shape index (κ1) is 21.0. The van der Waals surface area contributed by atoms with E-state index in [1.807, 2.05) is 4.90 Å². The average molecular weight is 426 g/mol. The number of rotatable bonds is 4. The number of likely N-dealkylation sites (tertiary alicyclic amines) is 1. The van der Waals surface area contributed by atoms with E-state index >= 15 is 0 Å². The highest BCUT2D eigenvalue weighted by Gasteiger charge is 2.44. The van der Waals surface area contributed by atoms with E-state index in [0.717, 1.165) is 23.5 Å². The fraction of sp³-hybridized carbons (Fsp3) is 0.333. The summed E-state index contributed by atoms with van der Waals surface area (Å²) in [5, 5.41) is 0. The molecule has 1 fully saturated rings. The van der Waals surface area contributed by atoms with Crippen LogP contribution in [-0.4, -0.2) is 36.9 Å². The Hall–Kier alpha value is -3.22. The van der Waals surface area contributed by atoms with E-state index in [1.165, 1.54) is 0 Å². The Morgan fingerprint density at radius 2 is 1.58 bits per heavy atom. The molecule has 2 aromatic carbocycles. The number of carbonyl (C=O) groups is 2. The highest BCUT2D eigenvalue weighted by atomic mass is 19.1. The zero-order chi connectivity index (χ0) is 22.3. The van der Waals surface area contributed by atoms with Crippen LogP contribution in [0.1, 0.15) is 25.8 Å². The Bertz CT molecular complexity index is 1050. The standard InChI is InChI=1S/C24H24F2N2O3/c1-14-10-15(2)13-27(12-14)22-21(16-4-7-18(31-3)8-5-16)23(29)28(24(22)30)20-9-6-17(25)11-19(20)26/h4-9,11,14-15H,10,12-13H2,1-3H3. The minimum atomic E-state index is -0.961. The highest BCUT2D eigenvalue weighted by molar-refractivity contribution is 6.45. The molecule has 2 aliphatic heterocycles. The van der Waals surface area contributed by atoms with Crippen LogP contribution < -0.4 is 9.64 Å². The van der Waals surface area contributed by atoms with Gasteiger partial charge in [-0.25, -0.2) is 13.7 Å². The van der Waals surface area contributed by atoms with Crippen LogP contribution in [0.5, 0.6) is 5.75 Å². The number of benzene rings is 2. The number of piperidine rings is 1. The predicted molar refractivity (Wildman–Crippen MR) is 113 cm³/mol. The third-order valence-electron chi connectivity index (χ3n) is 5.77. The smallest absolute Gasteiger partial charge is 0.282 e. The first-order chi connectivity index (χ1) is 14.8. The van der Waals surface area contributed by atoms with E-state index in [0.29, 0.717) is 42.3 Å². The summed E-state index contributed by atoms with van der Waals surface area (Å²) >= 11 is 0. The maximum atomic E-state index is 14.5. The molecular formula is C24H24F2N2O3. The number of amides is 2. The number of anilines is 1. The molecule has 7 heteroatoms. The monoisotopic (exact) mass is 426 g/mol. The Labute approximate surface area is 179 Å². The molecule has 0 saturated carbocycles. The topological polar surface area (TPSA) is 49.9 Å². The number of hydrogen-bond acceptors (Lipinski definition) is 4. The van der Waals surface area contributed by atoms with Gasteiger partial charge in [-0.05, 0) is 48.1 Å². The molecule has 0 aromatic heterocycles. The van der Waals surface area contributed by atoms with Gasteiger partial charge in [-0.3, -0.25) is 9.59 Å². The molecule has 2 aliphatic rings. The molecule has 162 valence electrons. The molecule has 2 amide bonds. The van der Waals surface area contributed by atoms with E-state index in [-0.39, 0.29) is 17.0 Å². The summed E-state index contributed by atoms with van der Waals surface area (Å²) in [6.07, 6.45) is 1.03. The second kappa shape index (κ2) is 8.13. The number of ether oxygens (including phenoxy) is 1. The zero-order valence-corrected chi connectivity index (χ0v) is 17.7. The molecule has 0 spiro atoms. The van der Waals surface area contributed by atoms with Crippen molar-refractivity contribution >= 4 is 23.1 Å². The number of imide groups is 1. The van der Waals surface area contributed by atoms with E-state index in [2.05, 4.69) is 13.8 Å². The van der Waals surface area contributed by atoms with Gasteiger partial charge in [0.15, 0.2) is 0 Å². The summed E-state index contributed by atoms with van der Waals surface area (Å²) in [5.41, 5.74) is 0.774. The quantitative estimate of drug-likeness (QED) is 0.687. The van der Waals surface area contributed by atoms with Crippen LogP contribution in [0, 0.1) is 23.5 Å². The van der Waals surface area contributed by atoms with Gasteiger partial charge in [0.1, 0.15) is 23.1 Å². The van der Waals surface area contributed by atoms with Gasteiger partial charge >= 0.3 is 0 Å². The number of carbonyl (C=O) groups excluding carboxylic acids is 2. The third kappa shape index (κ3) is 3.80. The van der Waals surface area contributed by atoms with Gasteiger partial charge in [0.25, 0.3) is 11.8 Å². The Balaban J connectivity index is 1.84. The van der Waals surface area contributed by atoms with Crippen molar-refractivity contribution in [1.82, 2.24) is 4.90 Å². The molecule has 0 radical (unpaired) electrons. The largest absolute Gasteiger partial charge is 0.497 e. The molecule has 0 bridgehead atoms. The maximum absolute atomic E-state index is 14.5. The molecule has 2 aromatic rings. The molecule has 2 heterocycles. The van der Waals surface area contributed by atoms with Crippen molar-refractivity contribution in [2.45, 2.75) is 20.3 Å². The zero-order valence-electron chi connectivity index (χ0n) is 17.7. The molecule has 2 atom stereocenters. The second-order valence-corrected chi connectivity index (χ2v) is 8.34. The normalized spacial score (nSPS) is 21.8. The van der Waals surface area contributed by atoms with Gasteiger partial charge in [-0.1, -0.05) is 26.0 Å². The summed E-state index contributed by atoms with van der Waals surface area (Å²) < 4.78 is 33.2. The molecule has 31 heavy (non-hydrogen) atoms. The van der Waals surface area contributed by atoms with Crippen molar-refractivity contribution < 1.29 is 23.1 Å². The van der Waals surface area contributed by atoms with Gasteiger partial charge in [-0.15, -0.1) is 0 Å². The lowest BCUT2D eigenvalue weighted by Crippen LogP contribution is -2.42. The van der Waals surface area contributed by atoms with Gasteiger partial charge in [0.05, 0.1) is 18.4 Å². The van der Waals surface area contributed by atoms with Crippen molar-refractivity contribution in [2.75, 3.05) is 25.1 Å². The van der Waals surface area contributed by atoms with Crippen LogP contribution in [0.3, 0.4) is 0 Å². The molecule has 4 rings (SSSR count). The Kier molecular flexibility index (Phi) is 5.52. The van der Waals surface area contributed by atoms with Crippen molar-refractivity contribution in [3.63, 3.8) is 0 Å². The SMILES string of the molecule is COc1ccc(C2=C(N3CC(C)CC(C)C3)C(=O)N(c3ccc(F)cc3F)C2=O)cc1. The van der Waals surface area contributed by atoms with E-state index in [4.69, 9.17) is 4.74 Å². The average Bonchev–Trinajstić information content (AvgIpc) is 2.98. The lowest BCUT2D eigenvalue weighted by molar-refractivity contribution is -0.121. The van der Waals surface area contributed by atoms with Gasteiger partial charge in [-0.2, -0.15) is 0 Å². The minimum absolute atomic E-state index is 0.220. The fourth-order valence-electron chi connectivity index (χ4n) is 4.56. The summed E-state index contributed by atoms with van der Waals surface area (Å²) in [6, 6.07) is 9.67. The summed E-state index contributed by atoms with van der Waals surface area (Å²) in [7, 11) is 1.54. The highest BCUT2D eigenvalue weighted by Crippen LogP contribution is 2.38. The molecule has 2 unspecified atom stereocenters. The Morgan fingerprint density at radius 3 is 2.16 bits per heavy atom. The molecule has 1 saturated heterocycles. The van der Waals surface area contributed by atoms with Crippen LogP contribution in [-0.2, 0) is 9.59 Å². The van der Waals surface area contributed by atoms with E-state index < -0.39 is 23.4 Å². The lowest BCUT2D eigenvalue weighted by atomic mass is 9.91. The predicted octanol–water partition coefficient (Wildman–Crippen LogP) is 4.24. The fourth-order valence-corrected chi connectivity index (χ4v) is 4.56. The Morgan fingerprint density at radius 1 is 0.935 bits per heavy atom. The molecule has 0 aliphatic carbocycles. The maximum Gasteiger partial charge on any atom is 0.282 e. The summed E-state index contributed by atoms with van der Waals surface area (Å²) in [5.74, 6) is -1.66. The van der Waals surface area contributed by atoms with Crippen molar-refractivity contribution in [3.8, 4) is 5.75 Å². The number of nitrogens with zero attached hydrogens (tertiary/aromatic N) is 2. The lowest BCUT2D eigenvalue weighted by Gasteiger charge is -2.37. The first-order valence-electron chi connectivity index (χ1n) is 10.3. The number of halogens is 2. The number of methoxy groups -OCH3 is 1. The summed E-state index contributed by atoms with van der Waals surface area (Å²) in [6.45, 7) is 5.46. The second-order valence-electron chi connectivity index (χ2n) is 8.34. The van der Waals surface area contributed by atoms with Gasteiger partial charge in [0.2, 0.25) is 0 Å². The van der Waals surface area contributed by atoms with Crippen LogP contribution in [0.2, 0.25) is 0 Å².